The number of hydrogen-bond acceptors (Lipinski definition) is 8. The molecule has 9 heteroatoms. The number of nitrogens with one attached hydrogen (secondary N) is 1. The maximum absolute atomic E-state index is 11.2. The molecule has 0 unspecified atom stereocenters. The Morgan fingerprint density at radius 2 is 2.25 bits per heavy atom. The molecule has 0 bridgehead atoms. The largest absolute Gasteiger partial charge is 0.493 e. The van der Waals surface area contributed by atoms with Gasteiger partial charge in [0, 0.05) is 5.38 Å². The molecule has 0 saturated heterocycles. The van der Waals surface area contributed by atoms with E-state index in [-0.39, 0.29) is 12.4 Å². The molecule has 0 amide bonds. The second kappa shape index (κ2) is 8.51. The van der Waals surface area contributed by atoms with E-state index in [1.165, 1.54) is 25.6 Å². The number of carbonyl (C=O) groups excluding carboxylic acids is 1. The van der Waals surface area contributed by atoms with Crippen molar-refractivity contribution < 1.29 is 19.0 Å². The lowest BCUT2D eigenvalue weighted by Gasteiger charge is -2.12. The van der Waals surface area contributed by atoms with Gasteiger partial charge in [0.25, 0.3) is 0 Å². The van der Waals surface area contributed by atoms with Crippen LogP contribution in [-0.4, -0.2) is 38.0 Å². The van der Waals surface area contributed by atoms with Crippen LogP contribution in [0.1, 0.15) is 11.3 Å². The van der Waals surface area contributed by atoms with Gasteiger partial charge in [-0.3, -0.25) is 5.43 Å². The molecule has 0 radical (unpaired) electrons. The molecule has 1 heterocycles. The van der Waals surface area contributed by atoms with Crippen molar-refractivity contribution in [2.45, 2.75) is 6.92 Å². The maximum Gasteiger partial charge on any atom is 0.343 e. The first-order chi connectivity index (χ1) is 11.5. The number of halogens is 1. The van der Waals surface area contributed by atoms with E-state index in [1.54, 1.807) is 18.3 Å². The van der Waals surface area contributed by atoms with Crippen molar-refractivity contribution in [1.82, 2.24) is 4.98 Å². The van der Waals surface area contributed by atoms with Crippen LogP contribution in [0.4, 0.5) is 5.13 Å². The van der Waals surface area contributed by atoms with Gasteiger partial charge < -0.3 is 14.2 Å². The third kappa shape index (κ3) is 4.84. The average Bonchev–Trinajstić information content (AvgIpc) is 2.98. The lowest BCUT2D eigenvalue weighted by Crippen LogP contribution is -2.13. The normalized spacial score (nSPS) is 10.7. The molecule has 1 aromatic carbocycles. The highest BCUT2D eigenvalue weighted by Gasteiger charge is 2.13. The minimum atomic E-state index is -0.512. The van der Waals surface area contributed by atoms with Crippen molar-refractivity contribution in [2.75, 3.05) is 26.3 Å². The first-order valence-electron chi connectivity index (χ1n) is 6.82. The summed E-state index contributed by atoms with van der Waals surface area (Å²) in [6.07, 6.45) is 1.58. The Bertz CT molecular complexity index is 748. The molecule has 1 N–H and O–H groups in total. The fourth-order valence-electron chi connectivity index (χ4n) is 1.71. The maximum atomic E-state index is 11.2. The molecule has 0 fully saturated rings. The Kier molecular flexibility index (Phi) is 6.39. The molecule has 2 aromatic rings. The van der Waals surface area contributed by atoms with Gasteiger partial charge in [-0.15, -0.1) is 11.3 Å². The van der Waals surface area contributed by atoms with Crippen molar-refractivity contribution in [3.8, 4) is 11.5 Å². The predicted molar refractivity (Wildman–Crippen MR) is 93.6 cm³/mol. The molecule has 1 aromatic heterocycles. The van der Waals surface area contributed by atoms with Crippen molar-refractivity contribution in [3.05, 3.63) is 33.8 Å². The monoisotopic (exact) mass is 369 g/mol. The van der Waals surface area contributed by atoms with Gasteiger partial charge in [0.1, 0.15) is 0 Å². The zero-order chi connectivity index (χ0) is 17.5. The summed E-state index contributed by atoms with van der Waals surface area (Å²) in [7, 11) is 2.76. The number of aryl methyl sites for hydroxylation is 1. The number of aromatic nitrogens is 1. The minimum absolute atomic E-state index is 0.259. The van der Waals surface area contributed by atoms with E-state index in [0.717, 1.165) is 5.69 Å². The van der Waals surface area contributed by atoms with Crippen molar-refractivity contribution in [1.29, 1.82) is 0 Å². The Hall–Kier alpha value is -2.32. The summed E-state index contributed by atoms with van der Waals surface area (Å²) >= 11 is 7.65. The highest BCUT2D eigenvalue weighted by atomic mass is 35.5. The number of ether oxygens (including phenoxy) is 3. The summed E-state index contributed by atoms with van der Waals surface area (Å²) in [6.45, 7) is 1.65. The van der Waals surface area contributed by atoms with Gasteiger partial charge in [-0.25, -0.2) is 9.78 Å². The van der Waals surface area contributed by atoms with Crippen LogP contribution in [0.25, 0.3) is 0 Å². The first kappa shape index (κ1) is 18.0. The Balaban J connectivity index is 2.11. The molecule has 7 nitrogen and oxygen atoms in total. The molecule has 2 rings (SSSR count). The Morgan fingerprint density at radius 1 is 1.46 bits per heavy atom. The molecule has 0 atom stereocenters. The lowest BCUT2D eigenvalue weighted by atomic mass is 10.2. The predicted octanol–water partition coefficient (Wildman–Crippen LogP) is 3.11. The van der Waals surface area contributed by atoms with Crippen LogP contribution in [0.5, 0.6) is 11.5 Å². The molecule has 0 aliphatic heterocycles. The minimum Gasteiger partial charge on any atom is -0.493 e. The van der Waals surface area contributed by atoms with E-state index >= 15 is 0 Å². The standard InChI is InChI=1S/C15H16ClN3O4S/c1-9-8-24-15(18-9)19-17-6-10-4-11(16)14(12(5-10)21-2)23-7-13(20)22-3/h4-6,8H,7H2,1-3H3,(H,18,19). The molecule has 24 heavy (non-hydrogen) atoms. The fourth-order valence-corrected chi connectivity index (χ4v) is 2.62. The number of thiazole rings is 1. The number of benzene rings is 1. The Morgan fingerprint density at radius 3 is 2.88 bits per heavy atom. The molecule has 0 aliphatic rings. The summed E-state index contributed by atoms with van der Waals surface area (Å²) in [5.74, 6) is 0.143. The summed E-state index contributed by atoms with van der Waals surface area (Å²) < 4.78 is 15.1. The van der Waals surface area contributed by atoms with E-state index in [4.69, 9.17) is 21.1 Å². The molecule has 128 valence electrons. The highest BCUT2D eigenvalue weighted by molar-refractivity contribution is 7.13. The van der Waals surface area contributed by atoms with Crippen molar-refractivity contribution in [3.63, 3.8) is 0 Å². The number of hydrazone groups is 1. The van der Waals surface area contributed by atoms with Gasteiger partial charge in [-0.1, -0.05) is 11.6 Å². The highest BCUT2D eigenvalue weighted by Crippen LogP contribution is 2.36. The van der Waals surface area contributed by atoms with Crippen LogP contribution in [-0.2, 0) is 9.53 Å². The number of anilines is 1. The van der Waals surface area contributed by atoms with E-state index < -0.39 is 5.97 Å². The molecule has 0 spiro atoms. The van der Waals surface area contributed by atoms with Crippen LogP contribution >= 0.6 is 22.9 Å². The lowest BCUT2D eigenvalue weighted by molar-refractivity contribution is -0.142. The fraction of sp³-hybridized carbons (Fsp3) is 0.267. The van der Waals surface area contributed by atoms with E-state index in [9.17, 15) is 4.79 Å². The summed E-state index contributed by atoms with van der Waals surface area (Å²) in [6, 6.07) is 3.34. The zero-order valence-electron chi connectivity index (χ0n) is 13.3. The van der Waals surface area contributed by atoms with Gasteiger partial charge in [-0.05, 0) is 24.6 Å². The van der Waals surface area contributed by atoms with E-state index in [2.05, 4.69) is 20.2 Å². The first-order valence-corrected chi connectivity index (χ1v) is 8.07. The van der Waals surface area contributed by atoms with Gasteiger partial charge >= 0.3 is 5.97 Å². The van der Waals surface area contributed by atoms with E-state index in [1.807, 2.05) is 12.3 Å². The second-order valence-electron chi connectivity index (χ2n) is 4.56. The number of rotatable bonds is 7. The smallest absolute Gasteiger partial charge is 0.343 e. The Labute approximate surface area is 148 Å². The topological polar surface area (TPSA) is 82.0 Å². The number of esters is 1. The number of methoxy groups -OCH3 is 2. The quantitative estimate of drug-likeness (QED) is 0.458. The van der Waals surface area contributed by atoms with Crippen LogP contribution < -0.4 is 14.9 Å². The number of nitrogens with zero attached hydrogens (tertiary/aromatic N) is 2. The van der Waals surface area contributed by atoms with Gasteiger partial charge in [0.2, 0.25) is 5.13 Å². The second-order valence-corrected chi connectivity index (χ2v) is 5.83. The van der Waals surface area contributed by atoms with Crippen LogP contribution in [0.15, 0.2) is 22.6 Å². The van der Waals surface area contributed by atoms with Gasteiger partial charge in [-0.2, -0.15) is 5.10 Å². The van der Waals surface area contributed by atoms with E-state index in [0.29, 0.717) is 21.5 Å². The third-order valence-electron chi connectivity index (χ3n) is 2.81. The van der Waals surface area contributed by atoms with Gasteiger partial charge in [0.15, 0.2) is 18.1 Å². The molecular weight excluding hydrogens is 354 g/mol. The van der Waals surface area contributed by atoms with Crippen LogP contribution in [0.3, 0.4) is 0 Å². The van der Waals surface area contributed by atoms with Gasteiger partial charge in [0.05, 0.1) is 31.2 Å². The molecule has 0 saturated carbocycles. The molecular formula is C15H16ClN3O4S. The van der Waals surface area contributed by atoms with Crippen LogP contribution in [0, 0.1) is 6.92 Å². The SMILES string of the molecule is COC(=O)COc1c(Cl)cc(C=NNc2nc(C)cs2)cc1OC. The van der Waals surface area contributed by atoms with Crippen molar-refractivity contribution in [2.24, 2.45) is 5.10 Å². The summed E-state index contributed by atoms with van der Waals surface area (Å²) in [4.78, 5) is 15.4. The zero-order valence-corrected chi connectivity index (χ0v) is 14.9. The summed E-state index contributed by atoms with van der Waals surface area (Å²) in [5.41, 5.74) is 4.46. The van der Waals surface area contributed by atoms with Crippen LogP contribution in [0.2, 0.25) is 5.02 Å². The number of carbonyl (C=O) groups is 1. The average molecular weight is 370 g/mol. The van der Waals surface area contributed by atoms with Crippen molar-refractivity contribution >= 4 is 40.3 Å². The number of hydrogen-bond donors (Lipinski definition) is 1. The summed E-state index contributed by atoms with van der Waals surface area (Å²) in [5, 5.41) is 7.01. The third-order valence-corrected chi connectivity index (χ3v) is 3.95. The molecule has 0 aliphatic carbocycles.